The van der Waals surface area contributed by atoms with E-state index in [1.54, 1.807) is 18.4 Å². The Kier molecular flexibility index (Phi) is 2.96. The van der Waals surface area contributed by atoms with Gasteiger partial charge in [-0.25, -0.2) is 0 Å². The Bertz CT molecular complexity index is 622. The highest BCUT2D eigenvalue weighted by atomic mass is 16.3. The van der Waals surface area contributed by atoms with Gasteiger partial charge in [0.05, 0.1) is 18.6 Å². The molecule has 0 saturated heterocycles. The summed E-state index contributed by atoms with van der Waals surface area (Å²) in [4.78, 5) is 12.2. The monoisotopic (exact) mass is 273 g/mol. The second-order valence-corrected chi connectivity index (χ2v) is 6.30. The lowest BCUT2D eigenvalue weighted by atomic mass is 9.74. The molecule has 1 N–H and O–H groups in total. The maximum Gasteiger partial charge on any atom is 0.287 e. The van der Waals surface area contributed by atoms with Crippen molar-refractivity contribution in [2.24, 2.45) is 5.41 Å². The summed E-state index contributed by atoms with van der Waals surface area (Å²) in [5, 5.41) is 3.07. The zero-order valence-corrected chi connectivity index (χ0v) is 12.0. The van der Waals surface area contributed by atoms with Crippen LogP contribution >= 0.6 is 0 Å². The lowest BCUT2D eigenvalue weighted by Crippen LogP contribution is -2.36. The summed E-state index contributed by atoms with van der Waals surface area (Å²) in [6.45, 7) is 6.41. The van der Waals surface area contributed by atoms with E-state index in [4.69, 9.17) is 8.83 Å². The normalized spacial score (nSPS) is 20.4. The van der Waals surface area contributed by atoms with Crippen LogP contribution in [-0.4, -0.2) is 5.91 Å². The van der Waals surface area contributed by atoms with Gasteiger partial charge in [-0.05, 0) is 36.5 Å². The third kappa shape index (κ3) is 2.26. The topological polar surface area (TPSA) is 55.4 Å². The number of hydrogen-bond acceptors (Lipinski definition) is 3. The van der Waals surface area contributed by atoms with Gasteiger partial charge >= 0.3 is 0 Å². The zero-order chi connectivity index (χ0) is 14.3. The molecule has 0 saturated carbocycles. The Labute approximate surface area is 118 Å². The molecular formula is C16H19NO3. The van der Waals surface area contributed by atoms with Crippen molar-refractivity contribution in [3.63, 3.8) is 0 Å². The number of rotatable bonds is 2. The van der Waals surface area contributed by atoms with Crippen molar-refractivity contribution in [3.05, 3.63) is 47.3 Å². The van der Waals surface area contributed by atoms with E-state index in [0.29, 0.717) is 5.76 Å². The highest BCUT2D eigenvalue weighted by Gasteiger charge is 2.36. The summed E-state index contributed by atoms with van der Waals surface area (Å²) in [5.41, 5.74) is 2.34. The second-order valence-electron chi connectivity index (χ2n) is 6.30. The molecule has 2 aromatic rings. The molecule has 2 heterocycles. The average molecular weight is 273 g/mol. The average Bonchev–Trinajstić information content (AvgIpc) is 2.97. The molecule has 0 fully saturated rings. The fourth-order valence-electron chi connectivity index (χ4n) is 3.03. The van der Waals surface area contributed by atoms with Gasteiger partial charge < -0.3 is 14.2 Å². The number of hydrogen-bond donors (Lipinski definition) is 1. The van der Waals surface area contributed by atoms with Gasteiger partial charge in [-0.15, -0.1) is 0 Å². The predicted octanol–water partition coefficient (Wildman–Crippen LogP) is 3.62. The van der Waals surface area contributed by atoms with Gasteiger partial charge in [-0.3, -0.25) is 4.79 Å². The van der Waals surface area contributed by atoms with Gasteiger partial charge in [-0.1, -0.05) is 13.8 Å². The molecule has 0 spiro atoms. The summed E-state index contributed by atoms with van der Waals surface area (Å²) >= 11 is 0. The van der Waals surface area contributed by atoms with Crippen LogP contribution < -0.4 is 5.32 Å². The summed E-state index contributed by atoms with van der Waals surface area (Å²) < 4.78 is 10.8. The molecule has 106 valence electrons. The van der Waals surface area contributed by atoms with Crippen molar-refractivity contribution in [2.75, 3.05) is 0 Å². The highest BCUT2D eigenvalue weighted by molar-refractivity contribution is 5.91. The van der Waals surface area contributed by atoms with Crippen molar-refractivity contribution >= 4 is 5.91 Å². The first-order valence-corrected chi connectivity index (χ1v) is 6.87. The Balaban J connectivity index is 1.89. The van der Waals surface area contributed by atoms with Gasteiger partial charge in [0.25, 0.3) is 5.91 Å². The number of nitrogens with one attached hydrogen (secondary N) is 1. The van der Waals surface area contributed by atoms with Crippen molar-refractivity contribution < 1.29 is 13.6 Å². The standard InChI is InChI=1S/C16H19NO3/c1-10-9-20-13-8-16(2,3)7-11(14(10)13)17-15(18)12-5-4-6-19-12/h4-6,9,11H,7-8H2,1-3H3,(H,17,18)/t11-/m0/s1. The molecule has 2 aromatic heterocycles. The zero-order valence-electron chi connectivity index (χ0n) is 12.0. The molecule has 0 aromatic carbocycles. The fraction of sp³-hybridized carbons (Fsp3) is 0.438. The summed E-state index contributed by atoms with van der Waals surface area (Å²) in [6, 6.07) is 3.37. The maximum absolute atomic E-state index is 12.2. The number of furan rings is 2. The molecule has 4 nitrogen and oxygen atoms in total. The van der Waals surface area contributed by atoms with Crippen LogP contribution in [-0.2, 0) is 6.42 Å². The minimum atomic E-state index is -0.177. The first-order chi connectivity index (χ1) is 9.46. The van der Waals surface area contributed by atoms with Crippen LogP contribution in [0.5, 0.6) is 0 Å². The third-order valence-electron chi connectivity index (χ3n) is 3.90. The molecule has 0 aliphatic heterocycles. The van der Waals surface area contributed by atoms with Gasteiger partial charge in [0, 0.05) is 12.0 Å². The first kappa shape index (κ1) is 13.0. The van der Waals surface area contributed by atoms with E-state index in [1.165, 1.54) is 6.26 Å². The van der Waals surface area contributed by atoms with Crippen LogP contribution in [0.25, 0.3) is 0 Å². The first-order valence-electron chi connectivity index (χ1n) is 6.87. The molecule has 3 rings (SSSR count). The number of amides is 1. The lowest BCUT2D eigenvalue weighted by molar-refractivity contribution is 0.0889. The fourth-order valence-corrected chi connectivity index (χ4v) is 3.03. The number of carbonyl (C=O) groups excluding carboxylic acids is 1. The van der Waals surface area contributed by atoms with Crippen molar-refractivity contribution in [2.45, 2.75) is 39.7 Å². The second kappa shape index (κ2) is 4.54. The maximum atomic E-state index is 12.2. The number of fused-ring (bicyclic) bond motifs is 1. The molecule has 4 heteroatoms. The van der Waals surface area contributed by atoms with Gasteiger partial charge in [0.1, 0.15) is 5.76 Å². The van der Waals surface area contributed by atoms with Gasteiger partial charge in [0.2, 0.25) is 0 Å². The summed E-state index contributed by atoms with van der Waals surface area (Å²) in [7, 11) is 0. The smallest absolute Gasteiger partial charge is 0.287 e. The highest BCUT2D eigenvalue weighted by Crippen LogP contribution is 2.42. The van der Waals surface area contributed by atoms with Crippen LogP contribution in [0.15, 0.2) is 33.5 Å². The van der Waals surface area contributed by atoms with E-state index in [2.05, 4.69) is 19.2 Å². The van der Waals surface area contributed by atoms with Crippen molar-refractivity contribution in [1.29, 1.82) is 0 Å². The third-order valence-corrected chi connectivity index (χ3v) is 3.90. The number of carbonyl (C=O) groups is 1. The SMILES string of the molecule is Cc1coc2c1[C@@H](NC(=O)c1ccco1)CC(C)(C)C2. The minimum Gasteiger partial charge on any atom is -0.469 e. The molecule has 1 aliphatic rings. The van der Waals surface area contributed by atoms with E-state index in [0.717, 1.165) is 29.7 Å². The van der Waals surface area contributed by atoms with Crippen LogP contribution in [0.1, 0.15) is 53.8 Å². The number of aryl methyl sites for hydroxylation is 1. The predicted molar refractivity (Wildman–Crippen MR) is 74.5 cm³/mol. The molecule has 1 amide bonds. The summed E-state index contributed by atoms with van der Waals surface area (Å²) in [6.07, 6.45) is 5.09. The molecular weight excluding hydrogens is 254 g/mol. The van der Waals surface area contributed by atoms with Crippen molar-refractivity contribution in [1.82, 2.24) is 5.32 Å². The van der Waals surface area contributed by atoms with Crippen LogP contribution in [0.2, 0.25) is 0 Å². The molecule has 1 aliphatic carbocycles. The Morgan fingerprint density at radius 1 is 1.40 bits per heavy atom. The summed E-state index contributed by atoms with van der Waals surface area (Å²) in [5.74, 6) is 1.16. The van der Waals surface area contributed by atoms with Crippen LogP contribution in [0.3, 0.4) is 0 Å². The van der Waals surface area contributed by atoms with Gasteiger partial charge in [-0.2, -0.15) is 0 Å². The van der Waals surface area contributed by atoms with E-state index in [9.17, 15) is 4.79 Å². The van der Waals surface area contributed by atoms with Crippen LogP contribution in [0, 0.1) is 12.3 Å². The van der Waals surface area contributed by atoms with E-state index in [1.807, 2.05) is 6.92 Å². The minimum absolute atomic E-state index is 0.0231. The van der Waals surface area contributed by atoms with Gasteiger partial charge in [0.15, 0.2) is 5.76 Å². The Morgan fingerprint density at radius 3 is 2.90 bits per heavy atom. The largest absolute Gasteiger partial charge is 0.469 e. The molecule has 1 atom stereocenters. The molecule has 0 radical (unpaired) electrons. The van der Waals surface area contributed by atoms with E-state index < -0.39 is 0 Å². The van der Waals surface area contributed by atoms with Crippen LogP contribution in [0.4, 0.5) is 0 Å². The molecule has 20 heavy (non-hydrogen) atoms. The Morgan fingerprint density at radius 2 is 2.20 bits per heavy atom. The Hall–Kier alpha value is -1.97. The van der Waals surface area contributed by atoms with E-state index in [-0.39, 0.29) is 17.4 Å². The molecule has 0 unspecified atom stereocenters. The van der Waals surface area contributed by atoms with E-state index >= 15 is 0 Å². The molecule has 0 bridgehead atoms. The van der Waals surface area contributed by atoms with Crippen molar-refractivity contribution in [3.8, 4) is 0 Å². The lowest BCUT2D eigenvalue weighted by Gasteiger charge is -2.35. The quantitative estimate of drug-likeness (QED) is 0.909.